The van der Waals surface area contributed by atoms with Gasteiger partial charge in [0.1, 0.15) is 6.04 Å². The van der Waals surface area contributed by atoms with E-state index in [-0.39, 0.29) is 18.2 Å². The smallest absolute Gasteiger partial charge is 0.249 e. The maximum Gasteiger partial charge on any atom is 0.249 e. The molecule has 0 aliphatic carbocycles. The molecule has 1 unspecified atom stereocenters. The standard InChI is InChI=1S/C8H13N3O3/c1-4(9)7(13)10-5-2-3-6(12)11-8(5)14/h4-5H,2-3,9H2,1H3,(H,10,13)(H,11,12,14)/t4-,5?/m0/s1. The molecule has 6 nitrogen and oxygen atoms in total. The average Bonchev–Trinajstić information content (AvgIpc) is 2.09. The summed E-state index contributed by atoms with van der Waals surface area (Å²) in [5.41, 5.74) is 5.32. The van der Waals surface area contributed by atoms with Gasteiger partial charge in [0.15, 0.2) is 0 Å². The molecular formula is C8H13N3O3. The van der Waals surface area contributed by atoms with E-state index in [0.29, 0.717) is 6.42 Å². The van der Waals surface area contributed by atoms with Gasteiger partial charge in [-0.1, -0.05) is 0 Å². The lowest BCUT2D eigenvalue weighted by molar-refractivity contribution is -0.137. The summed E-state index contributed by atoms with van der Waals surface area (Å²) in [7, 11) is 0. The molecule has 78 valence electrons. The van der Waals surface area contributed by atoms with E-state index in [0.717, 1.165) is 0 Å². The highest BCUT2D eigenvalue weighted by atomic mass is 16.2. The van der Waals surface area contributed by atoms with Gasteiger partial charge in [-0.3, -0.25) is 19.7 Å². The van der Waals surface area contributed by atoms with Crippen LogP contribution in [0.15, 0.2) is 0 Å². The van der Waals surface area contributed by atoms with Gasteiger partial charge >= 0.3 is 0 Å². The van der Waals surface area contributed by atoms with Crippen molar-refractivity contribution in [3.63, 3.8) is 0 Å². The van der Waals surface area contributed by atoms with Crippen molar-refractivity contribution in [2.75, 3.05) is 0 Å². The van der Waals surface area contributed by atoms with Gasteiger partial charge in [-0.2, -0.15) is 0 Å². The van der Waals surface area contributed by atoms with Crippen molar-refractivity contribution < 1.29 is 14.4 Å². The van der Waals surface area contributed by atoms with Crippen LogP contribution in [0.5, 0.6) is 0 Å². The molecule has 0 saturated carbocycles. The van der Waals surface area contributed by atoms with Crippen molar-refractivity contribution in [1.29, 1.82) is 0 Å². The Morgan fingerprint density at radius 1 is 1.64 bits per heavy atom. The SMILES string of the molecule is C[C@H](N)C(=O)NC1CCC(=O)NC1=O. The van der Waals surface area contributed by atoms with Gasteiger partial charge in [0, 0.05) is 6.42 Å². The average molecular weight is 199 g/mol. The predicted molar refractivity (Wildman–Crippen MR) is 48.0 cm³/mol. The minimum absolute atomic E-state index is 0.246. The van der Waals surface area contributed by atoms with Crippen LogP contribution in [0.2, 0.25) is 0 Å². The molecule has 3 amide bonds. The van der Waals surface area contributed by atoms with Gasteiger partial charge in [-0.25, -0.2) is 0 Å². The van der Waals surface area contributed by atoms with Crippen LogP contribution in [0, 0.1) is 0 Å². The highest BCUT2D eigenvalue weighted by Gasteiger charge is 2.28. The zero-order valence-electron chi connectivity index (χ0n) is 7.87. The van der Waals surface area contributed by atoms with Crippen molar-refractivity contribution in [2.24, 2.45) is 5.73 Å². The number of carbonyl (C=O) groups is 3. The molecule has 2 atom stereocenters. The lowest BCUT2D eigenvalue weighted by Gasteiger charge is -2.22. The number of carbonyl (C=O) groups excluding carboxylic acids is 3. The maximum absolute atomic E-state index is 11.2. The Hall–Kier alpha value is -1.43. The van der Waals surface area contributed by atoms with E-state index in [1.54, 1.807) is 0 Å². The van der Waals surface area contributed by atoms with Crippen LogP contribution in [0.4, 0.5) is 0 Å². The van der Waals surface area contributed by atoms with Gasteiger partial charge < -0.3 is 11.1 Å². The first-order valence-electron chi connectivity index (χ1n) is 4.40. The van der Waals surface area contributed by atoms with Crippen LogP contribution in [-0.2, 0) is 14.4 Å². The van der Waals surface area contributed by atoms with Crippen molar-refractivity contribution in [3.8, 4) is 0 Å². The number of rotatable bonds is 2. The maximum atomic E-state index is 11.2. The van der Waals surface area contributed by atoms with Crippen molar-refractivity contribution >= 4 is 17.7 Å². The van der Waals surface area contributed by atoms with E-state index >= 15 is 0 Å². The van der Waals surface area contributed by atoms with Crippen molar-refractivity contribution in [1.82, 2.24) is 10.6 Å². The molecule has 4 N–H and O–H groups in total. The normalized spacial score (nSPS) is 24.0. The molecule has 1 aliphatic rings. The van der Waals surface area contributed by atoms with E-state index in [9.17, 15) is 14.4 Å². The summed E-state index contributed by atoms with van der Waals surface area (Å²) in [5.74, 6) is -1.16. The van der Waals surface area contributed by atoms with Crippen LogP contribution >= 0.6 is 0 Å². The predicted octanol–water partition coefficient (Wildman–Crippen LogP) is -1.74. The van der Waals surface area contributed by atoms with E-state index in [2.05, 4.69) is 10.6 Å². The second kappa shape index (κ2) is 4.19. The van der Waals surface area contributed by atoms with Crippen LogP contribution < -0.4 is 16.4 Å². The summed E-state index contributed by atoms with van der Waals surface area (Å²) in [4.78, 5) is 33.1. The van der Waals surface area contributed by atoms with Gasteiger partial charge in [-0.05, 0) is 13.3 Å². The van der Waals surface area contributed by atoms with E-state index in [1.165, 1.54) is 6.92 Å². The third-order valence-electron chi connectivity index (χ3n) is 1.97. The molecule has 1 rings (SSSR count). The lowest BCUT2D eigenvalue weighted by Crippen LogP contribution is -2.54. The van der Waals surface area contributed by atoms with E-state index < -0.39 is 18.0 Å². The van der Waals surface area contributed by atoms with Crippen molar-refractivity contribution in [3.05, 3.63) is 0 Å². The number of hydrogen-bond acceptors (Lipinski definition) is 4. The molecule has 0 spiro atoms. The summed E-state index contributed by atoms with van der Waals surface area (Å²) in [6.07, 6.45) is 0.582. The Morgan fingerprint density at radius 3 is 2.79 bits per heavy atom. The number of nitrogens with two attached hydrogens (primary N) is 1. The fourth-order valence-corrected chi connectivity index (χ4v) is 1.13. The van der Waals surface area contributed by atoms with Crippen LogP contribution in [-0.4, -0.2) is 29.8 Å². The summed E-state index contributed by atoms with van der Waals surface area (Å²) in [5, 5.41) is 4.60. The Labute approximate surface area is 81.2 Å². The van der Waals surface area contributed by atoms with Crippen molar-refractivity contribution in [2.45, 2.75) is 31.8 Å². The number of piperidine rings is 1. The fraction of sp³-hybridized carbons (Fsp3) is 0.625. The fourth-order valence-electron chi connectivity index (χ4n) is 1.13. The van der Waals surface area contributed by atoms with Gasteiger partial charge in [0.05, 0.1) is 6.04 Å². The van der Waals surface area contributed by atoms with Crippen LogP contribution in [0.3, 0.4) is 0 Å². The third kappa shape index (κ3) is 2.53. The number of amides is 3. The molecular weight excluding hydrogens is 186 g/mol. The Balaban J connectivity index is 2.49. The van der Waals surface area contributed by atoms with Gasteiger partial charge in [-0.15, -0.1) is 0 Å². The molecule has 0 bridgehead atoms. The monoisotopic (exact) mass is 199 g/mol. The third-order valence-corrected chi connectivity index (χ3v) is 1.97. The first kappa shape index (κ1) is 10.6. The lowest BCUT2D eigenvalue weighted by atomic mass is 10.1. The molecule has 0 aromatic rings. The molecule has 1 heterocycles. The van der Waals surface area contributed by atoms with Crippen LogP contribution in [0.25, 0.3) is 0 Å². The Bertz CT molecular complexity index is 275. The summed E-state index contributed by atoms with van der Waals surface area (Å²) >= 11 is 0. The molecule has 0 aromatic carbocycles. The minimum Gasteiger partial charge on any atom is -0.343 e. The Morgan fingerprint density at radius 2 is 2.29 bits per heavy atom. The first-order chi connectivity index (χ1) is 6.50. The molecule has 1 saturated heterocycles. The quantitative estimate of drug-likeness (QED) is 0.459. The summed E-state index contributed by atoms with van der Waals surface area (Å²) in [6.45, 7) is 1.53. The summed E-state index contributed by atoms with van der Waals surface area (Å²) < 4.78 is 0. The molecule has 6 heteroatoms. The first-order valence-corrected chi connectivity index (χ1v) is 4.40. The topological polar surface area (TPSA) is 101 Å². The zero-order chi connectivity index (χ0) is 10.7. The molecule has 1 fully saturated rings. The highest BCUT2D eigenvalue weighted by Crippen LogP contribution is 2.03. The van der Waals surface area contributed by atoms with Gasteiger partial charge in [0.2, 0.25) is 17.7 Å². The van der Waals surface area contributed by atoms with E-state index in [1.807, 2.05) is 0 Å². The van der Waals surface area contributed by atoms with Gasteiger partial charge in [0.25, 0.3) is 0 Å². The second-order valence-electron chi connectivity index (χ2n) is 3.30. The largest absolute Gasteiger partial charge is 0.343 e. The molecule has 1 aliphatic heterocycles. The second-order valence-corrected chi connectivity index (χ2v) is 3.30. The number of hydrogen-bond donors (Lipinski definition) is 3. The zero-order valence-corrected chi connectivity index (χ0v) is 7.87. The van der Waals surface area contributed by atoms with Crippen LogP contribution in [0.1, 0.15) is 19.8 Å². The highest BCUT2D eigenvalue weighted by molar-refractivity contribution is 6.01. The summed E-state index contributed by atoms with van der Waals surface area (Å²) in [6, 6.07) is -1.29. The number of imide groups is 1. The molecule has 0 aromatic heterocycles. The minimum atomic E-state index is -0.652. The molecule has 0 radical (unpaired) electrons. The number of nitrogens with one attached hydrogen (secondary N) is 2. The molecule has 14 heavy (non-hydrogen) atoms. The van der Waals surface area contributed by atoms with E-state index in [4.69, 9.17) is 5.73 Å². The Kier molecular flexibility index (Phi) is 3.19.